The molecule has 4 unspecified atom stereocenters. The Bertz CT molecular complexity index is 1870. The molecule has 95 heavy (non-hydrogen) atoms. The molecule has 564 valence electrons. The van der Waals surface area contributed by atoms with Gasteiger partial charge in [-0.2, -0.15) is 0 Å². The third-order valence-corrected chi connectivity index (χ3v) is 19.8. The Labute approximate surface area is 581 Å². The van der Waals surface area contributed by atoms with Gasteiger partial charge < -0.3 is 33.8 Å². The Kier molecular flexibility index (Phi) is 64.0. The zero-order valence-electron chi connectivity index (χ0n) is 62.3. The topological polar surface area (TPSA) is 237 Å². The molecule has 6 atom stereocenters. The van der Waals surface area contributed by atoms with Crippen LogP contribution in [0, 0.1) is 23.7 Å². The number of ether oxygens (including phenoxy) is 4. The summed E-state index contributed by atoms with van der Waals surface area (Å²) in [4.78, 5) is 72.7. The highest BCUT2D eigenvalue weighted by Gasteiger charge is 2.30. The van der Waals surface area contributed by atoms with Crippen molar-refractivity contribution in [3.8, 4) is 0 Å². The first-order valence-corrected chi connectivity index (χ1v) is 42.2. The molecule has 17 nitrogen and oxygen atoms in total. The summed E-state index contributed by atoms with van der Waals surface area (Å²) in [6.07, 6.45) is 50.2. The second kappa shape index (κ2) is 65.4. The molecule has 0 aromatic carbocycles. The Balaban J connectivity index is 5.17. The van der Waals surface area contributed by atoms with Gasteiger partial charge in [-0.25, -0.2) is 9.13 Å². The van der Waals surface area contributed by atoms with E-state index in [2.05, 4.69) is 55.4 Å². The van der Waals surface area contributed by atoms with Gasteiger partial charge >= 0.3 is 39.5 Å². The number of aliphatic hydroxyl groups is 1. The maximum atomic E-state index is 13.1. The van der Waals surface area contributed by atoms with E-state index in [1.165, 1.54) is 180 Å². The first-order valence-electron chi connectivity index (χ1n) is 39.2. The van der Waals surface area contributed by atoms with E-state index in [-0.39, 0.29) is 25.7 Å². The van der Waals surface area contributed by atoms with Crippen LogP contribution in [0.3, 0.4) is 0 Å². The maximum Gasteiger partial charge on any atom is 0.472 e. The van der Waals surface area contributed by atoms with Crippen LogP contribution in [0.1, 0.15) is 383 Å². The Morgan fingerprint density at radius 3 is 0.747 bits per heavy atom. The molecule has 0 aromatic heterocycles. The van der Waals surface area contributed by atoms with Crippen molar-refractivity contribution < 1.29 is 80.2 Å². The average molecular weight is 1400 g/mol. The monoisotopic (exact) mass is 1400 g/mol. The lowest BCUT2D eigenvalue weighted by molar-refractivity contribution is -0.161. The molecule has 3 N–H and O–H groups in total. The molecule has 0 saturated carbocycles. The van der Waals surface area contributed by atoms with Crippen LogP contribution in [0.25, 0.3) is 0 Å². The number of carbonyl (C=O) groups is 4. The van der Waals surface area contributed by atoms with Crippen LogP contribution in [0.4, 0.5) is 0 Å². The SMILES string of the molecule is CCC(C)CCCCCCCCCCCCCCCCCCCCC(=O)O[C@H](COC(=O)CCCCCCCCCC(C)C)COP(=O)(O)OCC(O)COP(=O)(O)OC[C@@H](COC(=O)CCCCCCCCCCC(C)C)OC(=O)CCCCCCCCCCCC(C)C. The number of hydrogen-bond donors (Lipinski definition) is 3. The molecule has 0 aliphatic heterocycles. The molecule has 0 aromatic rings. The smallest absolute Gasteiger partial charge is 0.462 e. The number of carbonyl (C=O) groups excluding carboxylic acids is 4. The normalized spacial score (nSPS) is 14.4. The van der Waals surface area contributed by atoms with Gasteiger partial charge in [-0.15, -0.1) is 0 Å². The van der Waals surface area contributed by atoms with Crippen molar-refractivity contribution in [2.24, 2.45) is 23.7 Å². The van der Waals surface area contributed by atoms with Crippen molar-refractivity contribution in [2.75, 3.05) is 39.6 Å². The molecule has 0 radical (unpaired) electrons. The molecular formula is C76H148O17P2. The van der Waals surface area contributed by atoms with Crippen LogP contribution in [0.15, 0.2) is 0 Å². The maximum absolute atomic E-state index is 13.1. The van der Waals surface area contributed by atoms with Gasteiger partial charge in [-0.3, -0.25) is 37.3 Å². The van der Waals surface area contributed by atoms with Crippen LogP contribution in [0.2, 0.25) is 0 Å². The molecule has 0 bridgehead atoms. The van der Waals surface area contributed by atoms with Crippen molar-refractivity contribution in [1.82, 2.24) is 0 Å². The lowest BCUT2D eigenvalue weighted by Gasteiger charge is -2.21. The van der Waals surface area contributed by atoms with Gasteiger partial charge in [-0.05, 0) is 49.4 Å². The number of rotatable bonds is 73. The third kappa shape index (κ3) is 69.0. The van der Waals surface area contributed by atoms with Crippen LogP contribution in [-0.4, -0.2) is 96.7 Å². The minimum absolute atomic E-state index is 0.104. The fourth-order valence-electron chi connectivity index (χ4n) is 11.5. The zero-order valence-corrected chi connectivity index (χ0v) is 64.1. The Hall–Kier alpha value is -1.94. The number of phosphoric ester groups is 2. The summed E-state index contributed by atoms with van der Waals surface area (Å²) < 4.78 is 68.4. The van der Waals surface area contributed by atoms with Gasteiger partial charge in [0.2, 0.25) is 0 Å². The van der Waals surface area contributed by atoms with Gasteiger partial charge in [0.1, 0.15) is 19.3 Å². The van der Waals surface area contributed by atoms with Crippen molar-refractivity contribution in [3.05, 3.63) is 0 Å². The summed E-state index contributed by atoms with van der Waals surface area (Å²) >= 11 is 0. The molecule has 0 aliphatic carbocycles. The van der Waals surface area contributed by atoms with E-state index in [1.54, 1.807) is 0 Å². The first-order chi connectivity index (χ1) is 45.6. The average Bonchev–Trinajstić information content (AvgIpc) is 1.64. The number of phosphoric acid groups is 2. The molecule has 0 heterocycles. The number of esters is 4. The van der Waals surface area contributed by atoms with Crippen LogP contribution in [0.5, 0.6) is 0 Å². The zero-order chi connectivity index (χ0) is 70.3. The van der Waals surface area contributed by atoms with Crippen LogP contribution >= 0.6 is 15.6 Å². The summed E-state index contributed by atoms with van der Waals surface area (Å²) in [6.45, 7) is 14.1. The van der Waals surface area contributed by atoms with Gasteiger partial charge in [0.05, 0.1) is 26.4 Å². The van der Waals surface area contributed by atoms with Crippen LogP contribution < -0.4 is 0 Å². The van der Waals surface area contributed by atoms with E-state index in [0.29, 0.717) is 31.6 Å². The van der Waals surface area contributed by atoms with Gasteiger partial charge in [-0.1, -0.05) is 331 Å². The van der Waals surface area contributed by atoms with E-state index in [1.807, 2.05) is 0 Å². The second-order valence-corrected chi connectivity index (χ2v) is 32.0. The molecule has 0 spiro atoms. The van der Waals surface area contributed by atoms with E-state index in [9.17, 15) is 43.2 Å². The second-order valence-electron chi connectivity index (χ2n) is 29.1. The number of aliphatic hydroxyl groups excluding tert-OH is 1. The lowest BCUT2D eigenvalue weighted by Crippen LogP contribution is -2.30. The molecule has 0 saturated heterocycles. The predicted molar refractivity (Wildman–Crippen MR) is 386 cm³/mol. The fraction of sp³-hybridized carbons (Fsp3) is 0.947. The quantitative estimate of drug-likeness (QED) is 0.0222. The van der Waals surface area contributed by atoms with Gasteiger partial charge in [0.25, 0.3) is 0 Å². The fourth-order valence-corrected chi connectivity index (χ4v) is 13.1. The van der Waals surface area contributed by atoms with Gasteiger partial charge in [0, 0.05) is 25.7 Å². The molecule has 0 fully saturated rings. The van der Waals surface area contributed by atoms with Crippen molar-refractivity contribution >= 4 is 39.5 Å². The molecule has 0 aliphatic rings. The van der Waals surface area contributed by atoms with E-state index in [0.717, 1.165) is 114 Å². The Morgan fingerprint density at radius 2 is 0.505 bits per heavy atom. The highest BCUT2D eigenvalue weighted by atomic mass is 31.2. The van der Waals surface area contributed by atoms with E-state index < -0.39 is 97.5 Å². The summed E-state index contributed by atoms with van der Waals surface area (Å²) in [5.41, 5.74) is 0. The largest absolute Gasteiger partial charge is 0.472 e. The minimum atomic E-state index is -4.96. The minimum Gasteiger partial charge on any atom is -0.462 e. The predicted octanol–water partition coefficient (Wildman–Crippen LogP) is 22.0. The third-order valence-electron chi connectivity index (χ3n) is 17.9. The summed E-state index contributed by atoms with van der Waals surface area (Å²) in [5.74, 6) is 0.914. The summed E-state index contributed by atoms with van der Waals surface area (Å²) in [6, 6.07) is 0. The number of unbranched alkanes of at least 4 members (excludes halogenated alkanes) is 38. The first kappa shape index (κ1) is 93.1. The Morgan fingerprint density at radius 1 is 0.295 bits per heavy atom. The van der Waals surface area contributed by atoms with E-state index >= 15 is 0 Å². The lowest BCUT2D eigenvalue weighted by atomic mass is 9.99. The summed E-state index contributed by atoms with van der Waals surface area (Å²) in [5, 5.41) is 10.6. The van der Waals surface area contributed by atoms with Crippen molar-refractivity contribution in [1.29, 1.82) is 0 Å². The van der Waals surface area contributed by atoms with Crippen LogP contribution in [-0.2, 0) is 65.4 Å². The molecule has 0 amide bonds. The summed E-state index contributed by atoms with van der Waals surface area (Å²) in [7, 11) is -9.91. The van der Waals surface area contributed by atoms with Crippen molar-refractivity contribution in [3.63, 3.8) is 0 Å². The van der Waals surface area contributed by atoms with Gasteiger partial charge in [0.15, 0.2) is 12.2 Å². The van der Waals surface area contributed by atoms with E-state index in [4.69, 9.17) is 37.0 Å². The van der Waals surface area contributed by atoms with Crippen molar-refractivity contribution in [2.45, 2.75) is 401 Å². The highest BCUT2D eigenvalue weighted by molar-refractivity contribution is 7.47. The number of hydrogen-bond acceptors (Lipinski definition) is 15. The molecule has 19 heteroatoms. The molecular weight excluding hydrogens is 1250 g/mol. The standard InChI is InChI=1S/C76H148O17P2/c1-9-69(8)55-47-39-31-22-18-16-14-12-10-11-13-15-17-19-23-33-42-50-58-75(80)92-72(63-87-74(79)57-49-41-35-27-30-38-46-54-68(6)7)65-91-95(84,85)89-61-70(77)60-88-94(82,83)90-64-71(62-86-73(78)56-48-40-32-26-25-29-37-45-53-67(4)5)93-76(81)59-51-43-34-24-20-21-28-36-44-52-66(2)3/h66-72,77H,9-65H2,1-8H3,(H,82,83)(H,84,85)/t69?,70?,71-,72-/m1/s1. The molecule has 0 rings (SSSR count). The highest BCUT2D eigenvalue weighted by Crippen LogP contribution is 2.45.